The van der Waals surface area contributed by atoms with Gasteiger partial charge in [-0.05, 0) is 31.2 Å². The van der Waals surface area contributed by atoms with Crippen molar-refractivity contribution in [1.29, 1.82) is 5.26 Å². The molecule has 0 aliphatic carbocycles. The van der Waals surface area contributed by atoms with Gasteiger partial charge in [-0.1, -0.05) is 0 Å². The summed E-state index contributed by atoms with van der Waals surface area (Å²) in [4.78, 5) is 4.42. The highest BCUT2D eigenvalue weighted by Gasteiger charge is 2.11. The van der Waals surface area contributed by atoms with Crippen LogP contribution >= 0.6 is 0 Å². The Balaban J connectivity index is 1.96. The van der Waals surface area contributed by atoms with Gasteiger partial charge in [-0.15, -0.1) is 0 Å². The molecule has 7 heteroatoms. The van der Waals surface area contributed by atoms with Gasteiger partial charge < -0.3 is 4.74 Å². The number of hydrogen-bond acceptors (Lipinski definition) is 6. The summed E-state index contributed by atoms with van der Waals surface area (Å²) in [6.07, 6.45) is 3.17. The Hall–Kier alpha value is -3.27. The molecule has 22 heavy (non-hydrogen) atoms. The number of benzene rings is 1. The second kappa shape index (κ2) is 6.01. The first-order valence-electron chi connectivity index (χ1n) is 6.68. The molecule has 2 aromatic heterocycles. The Morgan fingerprint density at radius 2 is 2.14 bits per heavy atom. The van der Waals surface area contributed by atoms with Gasteiger partial charge in [0.05, 0.1) is 24.6 Å². The van der Waals surface area contributed by atoms with Crippen molar-refractivity contribution in [3.05, 3.63) is 42.2 Å². The third-order valence-electron chi connectivity index (χ3n) is 3.00. The van der Waals surface area contributed by atoms with E-state index in [9.17, 15) is 5.26 Å². The average Bonchev–Trinajstić information content (AvgIpc) is 3.06. The number of aromatic nitrogens is 5. The lowest BCUT2D eigenvalue weighted by Gasteiger charge is -2.05. The minimum Gasteiger partial charge on any atom is -0.492 e. The molecule has 3 aromatic rings. The maximum atomic E-state index is 9.21. The second-order valence-corrected chi connectivity index (χ2v) is 4.39. The van der Waals surface area contributed by atoms with Crippen molar-refractivity contribution in [1.82, 2.24) is 25.4 Å². The van der Waals surface area contributed by atoms with Crippen LogP contribution in [0.25, 0.3) is 22.8 Å². The molecule has 0 saturated heterocycles. The summed E-state index contributed by atoms with van der Waals surface area (Å²) in [5.74, 6) is 1.66. The van der Waals surface area contributed by atoms with Crippen molar-refractivity contribution in [2.45, 2.75) is 6.92 Å². The van der Waals surface area contributed by atoms with Gasteiger partial charge in [0, 0.05) is 11.1 Å². The van der Waals surface area contributed by atoms with Gasteiger partial charge in [-0.25, -0.2) is 4.98 Å². The average molecular weight is 292 g/mol. The largest absolute Gasteiger partial charge is 0.492 e. The molecule has 7 nitrogen and oxygen atoms in total. The molecule has 1 N–H and O–H groups in total. The van der Waals surface area contributed by atoms with Gasteiger partial charge >= 0.3 is 0 Å². The number of H-pyrrole nitrogens is 1. The van der Waals surface area contributed by atoms with Crippen LogP contribution in [0.5, 0.6) is 5.75 Å². The van der Waals surface area contributed by atoms with Gasteiger partial charge in [-0.3, -0.25) is 5.10 Å². The molecule has 108 valence electrons. The monoisotopic (exact) mass is 292 g/mol. The molecule has 0 fully saturated rings. The lowest BCUT2D eigenvalue weighted by Crippen LogP contribution is -1.95. The first-order chi connectivity index (χ1) is 10.8. The van der Waals surface area contributed by atoms with E-state index in [0.717, 1.165) is 11.1 Å². The summed E-state index contributed by atoms with van der Waals surface area (Å²) >= 11 is 0. The third kappa shape index (κ3) is 2.62. The number of nitrogens with zero attached hydrogens (tertiary/aromatic N) is 5. The van der Waals surface area contributed by atoms with Crippen LogP contribution in [-0.4, -0.2) is 32.0 Å². The van der Waals surface area contributed by atoms with E-state index in [-0.39, 0.29) is 0 Å². The van der Waals surface area contributed by atoms with Crippen LogP contribution in [0.3, 0.4) is 0 Å². The highest BCUT2D eigenvalue weighted by molar-refractivity contribution is 5.64. The maximum Gasteiger partial charge on any atom is 0.183 e. The van der Waals surface area contributed by atoms with Crippen LogP contribution in [0.1, 0.15) is 12.5 Å². The first kappa shape index (κ1) is 13.7. The van der Waals surface area contributed by atoms with Crippen molar-refractivity contribution in [2.75, 3.05) is 6.61 Å². The Morgan fingerprint density at radius 3 is 2.86 bits per heavy atom. The molecule has 0 radical (unpaired) electrons. The Kier molecular flexibility index (Phi) is 3.74. The van der Waals surface area contributed by atoms with Crippen LogP contribution in [-0.2, 0) is 0 Å². The topological polar surface area (TPSA) is 100 Å². The Morgan fingerprint density at radius 1 is 1.23 bits per heavy atom. The number of ether oxygens (including phenoxy) is 1. The highest BCUT2D eigenvalue weighted by atomic mass is 16.5. The molecule has 0 atom stereocenters. The van der Waals surface area contributed by atoms with Gasteiger partial charge in [0.1, 0.15) is 11.8 Å². The number of rotatable bonds is 4. The molecule has 1 aromatic carbocycles. The molecule has 0 spiro atoms. The molecule has 2 heterocycles. The van der Waals surface area contributed by atoms with E-state index in [1.807, 2.05) is 13.0 Å². The molecule has 3 rings (SSSR count). The van der Waals surface area contributed by atoms with Crippen LogP contribution in [0.4, 0.5) is 0 Å². The van der Waals surface area contributed by atoms with E-state index in [4.69, 9.17) is 4.74 Å². The standard InChI is InChI=1S/C15H12N6O/c1-2-22-13-4-3-10(7-12(13)8-16)14-19-15(21-20-14)11-5-6-17-18-9-11/h3-7,9H,2H2,1H3,(H,19,20,21). The highest BCUT2D eigenvalue weighted by Crippen LogP contribution is 2.25. The van der Waals surface area contributed by atoms with E-state index in [2.05, 4.69) is 31.4 Å². The fraction of sp³-hybridized carbons (Fsp3) is 0.133. The summed E-state index contributed by atoms with van der Waals surface area (Å²) in [7, 11) is 0. The molecule has 0 aliphatic heterocycles. The van der Waals surface area contributed by atoms with E-state index < -0.39 is 0 Å². The van der Waals surface area contributed by atoms with Crippen molar-refractivity contribution in [2.24, 2.45) is 0 Å². The minimum absolute atomic E-state index is 0.461. The van der Waals surface area contributed by atoms with Crippen molar-refractivity contribution in [3.8, 4) is 34.6 Å². The Labute approximate surface area is 126 Å². The van der Waals surface area contributed by atoms with Gasteiger partial charge in [-0.2, -0.15) is 20.6 Å². The quantitative estimate of drug-likeness (QED) is 0.791. The second-order valence-electron chi connectivity index (χ2n) is 4.39. The molecular formula is C15H12N6O. The van der Waals surface area contributed by atoms with E-state index >= 15 is 0 Å². The summed E-state index contributed by atoms with van der Waals surface area (Å²) in [5.41, 5.74) is 1.99. The summed E-state index contributed by atoms with van der Waals surface area (Å²) in [5, 5.41) is 23.8. The summed E-state index contributed by atoms with van der Waals surface area (Å²) in [6.45, 7) is 2.38. The van der Waals surface area contributed by atoms with Gasteiger partial charge in [0.15, 0.2) is 11.6 Å². The normalized spacial score (nSPS) is 10.2. The summed E-state index contributed by atoms with van der Waals surface area (Å²) in [6, 6.07) is 9.21. The smallest absolute Gasteiger partial charge is 0.183 e. The van der Waals surface area contributed by atoms with E-state index in [0.29, 0.717) is 29.6 Å². The van der Waals surface area contributed by atoms with Crippen molar-refractivity contribution < 1.29 is 4.74 Å². The first-order valence-corrected chi connectivity index (χ1v) is 6.68. The fourth-order valence-electron chi connectivity index (χ4n) is 1.99. The predicted molar refractivity (Wildman–Crippen MR) is 78.7 cm³/mol. The van der Waals surface area contributed by atoms with Gasteiger partial charge in [0.25, 0.3) is 0 Å². The van der Waals surface area contributed by atoms with Crippen LogP contribution < -0.4 is 4.74 Å². The molecule has 0 bridgehead atoms. The van der Waals surface area contributed by atoms with Crippen molar-refractivity contribution >= 4 is 0 Å². The van der Waals surface area contributed by atoms with Crippen molar-refractivity contribution in [3.63, 3.8) is 0 Å². The van der Waals surface area contributed by atoms with Crippen LogP contribution in [0.15, 0.2) is 36.7 Å². The third-order valence-corrected chi connectivity index (χ3v) is 3.00. The van der Waals surface area contributed by atoms with Crippen LogP contribution in [0, 0.1) is 11.3 Å². The van der Waals surface area contributed by atoms with Crippen LogP contribution in [0.2, 0.25) is 0 Å². The zero-order chi connectivity index (χ0) is 15.4. The van der Waals surface area contributed by atoms with E-state index in [1.54, 1.807) is 30.6 Å². The zero-order valence-corrected chi connectivity index (χ0v) is 11.8. The summed E-state index contributed by atoms with van der Waals surface area (Å²) < 4.78 is 5.41. The molecular weight excluding hydrogens is 280 g/mol. The number of aromatic amines is 1. The van der Waals surface area contributed by atoms with Gasteiger partial charge in [0.2, 0.25) is 0 Å². The SMILES string of the molecule is CCOc1ccc(-c2nc(-c3ccnnc3)n[nH]2)cc1C#N. The number of nitrogens with one attached hydrogen (secondary N) is 1. The molecule has 0 aliphatic rings. The lowest BCUT2D eigenvalue weighted by atomic mass is 10.1. The minimum atomic E-state index is 0.461. The fourth-order valence-corrected chi connectivity index (χ4v) is 1.99. The Bertz CT molecular complexity index is 822. The lowest BCUT2D eigenvalue weighted by molar-refractivity contribution is 0.339. The molecule has 0 unspecified atom stereocenters. The maximum absolute atomic E-state index is 9.21. The van der Waals surface area contributed by atoms with E-state index in [1.165, 1.54) is 0 Å². The predicted octanol–water partition coefficient (Wildman–Crippen LogP) is 2.20. The molecule has 0 saturated carbocycles. The zero-order valence-electron chi connectivity index (χ0n) is 11.8. The number of nitriles is 1. The molecule has 0 amide bonds. The number of hydrogen-bond donors (Lipinski definition) is 1.